The summed E-state index contributed by atoms with van der Waals surface area (Å²) < 4.78 is 0. The average Bonchev–Trinajstić information content (AvgIpc) is 3.32. The number of carbonyl (C=O) groups excluding carboxylic acids is 4. The molecule has 1 aliphatic rings. The van der Waals surface area contributed by atoms with Crippen LogP contribution in [0.25, 0.3) is 0 Å². The first-order valence-corrected chi connectivity index (χ1v) is 11.1. The molecule has 5 unspecified atom stereocenters. The van der Waals surface area contributed by atoms with E-state index >= 15 is 0 Å². The van der Waals surface area contributed by atoms with E-state index in [9.17, 15) is 39.3 Å². The number of aliphatic carboxylic acids is 1. The molecule has 0 aromatic heterocycles. The summed E-state index contributed by atoms with van der Waals surface area (Å²) in [6.45, 7) is 1.84. The highest BCUT2D eigenvalue weighted by atomic mass is 16.4. The maximum absolute atomic E-state index is 12.8. The summed E-state index contributed by atoms with van der Waals surface area (Å²) >= 11 is 0. The fourth-order valence-corrected chi connectivity index (χ4v) is 3.58. The molecule has 35 heavy (non-hydrogen) atoms. The predicted octanol–water partition coefficient (Wildman–Crippen LogP) is -2.52. The van der Waals surface area contributed by atoms with Crippen molar-refractivity contribution in [3.63, 3.8) is 0 Å². The third-order valence-corrected chi connectivity index (χ3v) is 5.47. The van der Waals surface area contributed by atoms with Gasteiger partial charge in [-0.2, -0.15) is 0 Å². The molecule has 1 aliphatic heterocycles. The smallest absolute Gasteiger partial charge is 0.326 e. The molecule has 0 radical (unpaired) electrons. The van der Waals surface area contributed by atoms with Crippen LogP contribution in [0.3, 0.4) is 0 Å². The number of carbonyl (C=O) groups is 5. The Balaban J connectivity index is 2.09. The zero-order valence-electron chi connectivity index (χ0n) is 19.2. The summed E-state index contributed by atoms with van der Waals surface area (Å²) in [6, 6.07) is 0.783. The van der Waals surface area contributed by atoms with E-state index in [1.807, 2.05) is 0 Å². The van der Waals surface area contributed by atoms with Crippen molar-refractivity contribution in [2.75, 3.05) is 6.54 Å². The molecule has 1 aromatic rings. The summed E-state index contributed by atoms with van der Waals surface area (Å²) in [6.07, 6.45) is -0.798. The quantitative estimate of drug-likeness (QED) is 0.154. The highest BCUT2D eigenvalue weighted by Gasteiger charge is 2.34. The van der Waals surface area contributed by atoms with Gasteiger partial charge in [-0.15, -0.1) is 0 Å². The van der Waals surface area contributed by atoms with Crippen LogP contribution in [-0.4, -0.2) is 81.7 Å². The van der Waals surface area contributed by atoms with Gasteiger partial charge in [0.1, 0.15) is 23.9 Å². The number of carboxylic acid groups (broad SMARTS) is 1. The van der Waals surface area contributed by atoms with E-state index in [2.05, 4.69) is 21.3 Å². The maximum atomic E-state index is 12.8. The number of primary amides is 1. The Morgan fingerprint density at radius 2 is 1.71 bits per heavy atom. The van der Waals surface area contributed by atoms with Crippen LogP contribution in [-0.2, 0) is 30.4 Å². The topological polar surface area (TPSA) is 220 Å². The van der Waals surface area contributed by atoms with Gasteiger partial charge in [-0.3, -0.25) is 19.2 Å². The molecule has 192 valence electrons. The Labute approximate surface area is 201 Å². The van der Waals surface area contributed by atoms with E-state index < -0.39 is 66.3 Å². The number of rotatable bonds is 12. The number of carboxylic acids is 1. The Bertz CT molecular complexity index is 930. The van der Waals surface area contributed by atoms with Crippen LogP contribution in [0.2, 0.25) is 0 Å². The van der Waals surface area contributed by atoms with Crippen LogP contribution in [0.4, 0.5) is 0 Å². The highest BCUT2D eigenvalue weighted by molar-refractivity contribution is 5.96. The van der Waals surface area contributed by atoms with Crippen molar-refractivity contribution in [1.29, 1.82) is 0 Å². The van der Waals surface area contributed by atoms with Crippen molar-refractivity contribution in [2.45, 2.75) is 62.9 Å². The zero-order chi connectivity index (χ0) is 26.1. The van der Waals surface area contributed by atoms with Crippen LogP contribution in [0.15, 0.2) is 24.3 Å². The van der Waals surface area contributed by atoms with Gasteiger partial charge in [0.2, 0.25) is 23.6 Å². The monoisotopic (exact) mass is 493 g/mol. The molecule has 9 N–H and O–H groups in total. The average molecular weight is 494 g/mol. The van der Waals surface area contributed by atoms with Gasteiger partial charge in [0.15, 0.2) is 0 Å². The minimum absolute atomic E-state index is 0.0112. The summed E-state index contributed by atoms with van der Waals surface area (Å²) in [7, 11) is 0. The Morgan fingerprint density at radius 1 is 1.06 bits per heavy atom. The number of phenols is 1. The number of nitrogens with one attached hydrogen (secondary N) is 4. The lowest BCUT2D eigenvalue weighted by atomic mass is 10.0. The van der Waals surface area contributed by atoms with E-state index in [1.54, 1.807) is 0 Å². The Hall–Kier alpha value is -3.71. The second-order valence-corrected chi connectivity index (χ2v) is 8.38. The minimum atomic E-state index is -1.58. The van der Waals surface area contributed by atoms with Crippen LogP contribution in [0.1, 0.15) is 31.7 Å². The first-order valence-electron chi connectivity index (χ1n) is 11.1. The summed E-state index contributed by atoms with van der Waals surface area (Å²) in [5.74, 6) is -4.68. The Morgan fingerprint density at radius 3 is 2.23 bits per heavy atom. The number of phenolic OH excluding ortho intramolecular Hbond substituents is 1. The molecule has 1 aromatic carbocycles. The molecule has 1 fully saturated rings. The molecule has 0 saturated carbocycles. The van der Waals surface area contributed by atoms with Crippen LogP contribution < -0.4 is 27.0 Å². The second kappa shape index (κ2) is 12.7. The largest absolute Gasteiger partial charge is 0.508 e. The van der Waals surface area contributed by atoms with E-state index in [0.29, 0.717) is 18.5 Å². The summed E-state index contributed by atoms with van der Waals surface area (Å²) in [5, 5.41) is 38.9. The van der Waals surface area contributed by atoms with Gasteiger partial charge in [-0.05, 0) is 44.0 Å². The van der Waals surface area contributed by atoms with Gasteiger partial charge in [-0.25, -0.2) is 4.79 Å². The lowest BCUT2D eigenvalue weighted by molar-refractivity contribution is -0.143. The van der Waals surface area contributed by atoms with Crippen molar-refractivity contribution in [1.82, 2.24) is 21.3 Å². The van der Waals surface area contributed by atoms with E-state index in [-0.39, 0.29) is 12.2 Å². The molecule has 13 heteroatoms. The SMILES string of the molecule is CC(O)C(NC(=O)C(CC(N)=O)NC(=O)C1CCCN1)C(=O)NC(Cc1ccc(O)cc1)C(=O)O. The number of aliphatic hydroxyl groups is 1. The van der Waals surface area contributed by atoms with Gasteiger partial charge in [0, 0.05) is 6.42 Å². The number of hydrogen-bond donors (Lipinski definition) is 8. The van der Waals surface area contributed by atoms with Crippen molar-refractivity contribution >= 4 is 29.6 Å². The predicted molar refractivity (Wildman–Crippen MR) is 122 cm³/mol. The number of nitrogens with two attached hydrogens (primary N) is 1. The molecule has 0 aliphatic carbocycles. The first kappa shape index (κ1) is 27.5. The first-order chi connectivity index (χ1) is 16.5. The van der Waals surface area contributed by atoms with Gasteiger partial charge in [-0.1, -0.05) is 12.1 Å². The number of hydrogen-bond acceptors (Lipinski definition) is 8. The molecule has 13 nitrogen and oxygen atoms in total. The lowest BCUT2D eigenvalue weighted by Crippen LogP contribution is -2.60. The van der Waals surface area contributed by atoms with Crippen LogP contribution >= 0.6 is 0 Å². The van der Waals surface area contributed by atoms with Crippen LogP contribution in [0, 0.1) is 0 Å². The molecule has 1 heterocycles. The van der Waals surface area contributed by atoms with E-state index in [0.717, 1.165) is 6.42 Å². The zero-order valence-corrected chi connectivity index (χ0v) is 19.2. The molecular formula is C22H31N5O8. The Kier molecular flexibility index (Phi) is 9.97. The molecular weight excluding hydrogens is 462 g/mol. The molecule has 4 amide bonds. The number of amides is 4. The van der Waals surface area contributed by atoms with Crippen molar-refractivity contribution < 1.29 is 39.3 Å². The normalized spacial score (nSPS) is 18.5. The summed E-state index contributed by atoms with van der Waals surface area (Å²) in [5.41, 5.74) is 5.71. The standard InChI is InChI=1S/C22H31N5O8/c1-11(28)18(21(33)26-16(22(34)35)9-12-4-6-13(29)7-5-12)27-20(32)15(10-17(23)30)25-19(31)14-3-2-8-24-14/h4-7,11,14-16,18,24,28-29H,2-3,8-10H2,1H3,(H2,23,30)(H,25,31)(H,26,33)(H,27,32)(H,34,35). The van der Waals surface area contributed by atoms with Gasteiger partial charge in [0.05, 0.1) is 18.6 Å². The molecule has 0 bridgehead atoms. The lowest BCUT2D eigenvalue weighted by Gasteiger charge is -2.26. The molecule has 1 saturated heterocycles. The third-order valence-electron chi connectivity index (χ3n) is 5.47. The maximum Gasteiger partial charge on any atom is 0.326 e. The fraction of sp³-hybridized carbons (Fsp3) is 0.500. The van der Waals surface area contributed by atoms with Crippen molar-refractivity contribution in [3.8, 4) is 5.75 Å². The molecule has 5 atom stereocenters. The van der Waals surface area contributed by atoms with Gasteiger partial charge in [0.25, 0.3) is 0 Å². The number of aromatic hydroxyl groups is 1. The van der Waals surface area contributed by atoms with Gasteiger partial charge >= 0.3 is 5.97 Å². The number of benzene rings is 1. The van der Waals surface area contributed by atoms with Crippen LogP contribution in [0.5, 0.6) is 5.75 Å². The molecule has 0 spiro atoms. The molecule has 2 rings (SSSR count). The fourth-order valence-electron chi connectivity index (χ4n) is 3.58. The van der Waals surface area contributed by atoms with E-state index in [1.165, 1.54) is 31.2 Å². The van der Waals surface area contributed by atoms with Crippen molar-refractivity contribution in [2.24, 2.45) is 5.73 Å². The van der Waals surface area contributed by atoms with Crippen molar-refractivity contribution in [3.05, 3.63) is 29.8 Å². The number of aliphatic hydroxyl groups excluding tert-OH is 1. The van der Waals surface area contributed by atoms with Gasteiger partial charge < -0.3 is 42.3 Å². The minimum Gasteiger partial charge on any atom is -0.508 e. The van der Waals surface area contributed by atoms with E-state index in [4.69, 9.17) is 5.73 Å². The third kappa shape index (κ3) is 8.54. The second-order valence-electron chi connectivity index (χ2n) is 8.38. The highest BCUT2D eigenvalue weighted by Crippen LogP contribution is 2.12. The summed E-state index contributed by atoms with van der Waals surface area (Å²) in [4.78, 5) is 61.1.